The number of hydrogen-bond acceptors (Lipinski definition) is 2. The maximum Gasteiger partial charge on any atom is 0.251 e. The van der Waals surface area contributed by atoms with E-state index in [0.717, 1.165) is 17.9 Å². The second-order valence-corrected chi connectivity index (χ2v) is 6.06. The third-order valence-corrected chi connectivity index (χ3v) is 4.21. The molecular weight excluding hydrogens is 260 g/mol. The molecule has 0 bridgehead atoms. The van der Waals surface area contributed by atoms with E-state index in [1.54, 1.807) is 0 Å². The molecular formula is C18H24N2O. The summed E-state index contributed by atoms with van der Waals surface area (Å²) in [7, 11) is 0. The number of nitrogens with two attached hydrogens (primary N) is 1. The van der Waals surface area contributed by atoms with Crippen LogP contribution in [0.25, 0.3) is 0 Å². The lowest BCUT2D eigenvalue weighted by Gasteiger charge is -2.33. The molecule has 3 nitrogen and oxygen atoms in total. The molecule has 2 rings (SSSR count). The van der Waals surface area contributed by atoms with E-state index >= 15 is 0 Å². The van der Waals surface area contributed by atoms with E-state index < -0.39 is 0 Å². The van der Waals surface area contributed by atoms with Crippen LogP contribution in [0.2, 0.25) is 0 Å². The third-order valence-electron chi connectivity index (χ3n) is 4.21. The van der Waals surface area contributed by atoms with Gasteiger partial charge in [0.1, 0.15) is 0 Å². The molecule has 1 aromatic rings. The molecule has 3 unspecified atom stereocenters. The smallest absolute Gasteiger partial charge is 0.251 e. The predicted molar refractivity (Wildman–Crippen MR) is 85.8 cm³/mol. The molecule has 1 fully saturated rings. The van der Waals surface area contributed by atoms with Crippen molar-refractivity contribution in [1.82, 2.24) is 5.32 Å². The van der Waals surface area contributed by atoms with Crippen molar-refractivity contribution in [1.29, 1.82) is 0 Å². The molecule has 3 N–H and O–H groups in total. The zero-order chi connectivity index (χ0) is 15.2. The van der Waals surface area contributed by atoms with E-state index in [4.69, 9.17) is 5.73 Å². The summed E-state index contributed by atoms with van der Waals surface area (Å²) in [5.74, 6) is 7.08. The Bertz CT molecular complexity index is 556. The van der Waals surface area contributed by atoms with Gasteiger partial charge in [0.15, 0.2) is 0 Å². The first-order valence-corrected chi connectivity index (χ1v) is 7.70. The number of nitrogens with one attached hydrogen (secondary N) is 1. The van der Waals surface area contributed by atoms with Crippen LogP contribution >= 0.6 is 0 Å². The Hall–Kier alpha value is -1.79. The summed E-state index contributed by atoms with van der Waals surface area (Å²) in [5, 5.41) is 3.18. The van der Waals surface area contributed by atoms with Gasteiger partial charge in [0.2, 0.25) is 0 Å². The Labute approximate surface area is 127 Å². The number of benzene rings is 1. The standard InChI is InChI=1S/C18H24N2O/c1-13-8-9-17(14(2)11-13)20-18(21)16-7-3-5-15(12-16)6-4-10-19/h3,5,7,12-14,17H,8-11,19H2,1-2H3,(H,20,21). The summed E-state index contributed by atoms with van der Waals surface area (Å²) >= 11 is 0. The summed E-state index contributed by atoms with van der Waals surface area (Å²) in [6.07, 6.45) is 3.45. The van der Waals surface area contributed by atoms with Crippen molar-refractivity contribution >= 4 is 5.91 Å². The fraction of sp³-hybridized carbons (Fsp3) is 0.500. The van der Waals surface area contributed by atoms with Crippen molar-refractivity contribution in [3.05, 3.63) is 35.4 Å². The van der Waals surface area contributed by atoms with E-state index in [1.807, 2.05) is 24.3 Å². The van der Waals surface area contributed by atoms with Crippen LogP contribution in [0.4, 0.5) is 0 Å². The molecule has 0 spiro atoms. The molecule has 1 aliphatic rings. The fourth-order valence-corrected chi connectivity index (χ4v) is 3.02. The zero-order valence-corrected chi connectivity index (χ0v) is 12.9. The van der Waals surface area contributed by atoms with E-state index in [2.05, 4.69) is 31.0 Å². The van der Waals surface area contributed by atoms with Crippen molar-refractivity contribution in [2.75, 3.05) is 6.54 Å². The summed E-state index contributed by atoms with van der Waals surface area (Å²) in [4.78, 5) is 12.4. The maximum absolute atomic E-state index is 12.4. The first-order chi connectivity index (χ1) is 10.1. The summed E-state index contributed by atoms with van der Waals surface area (Å²) in [6, 6.07) is 7.70. The summed E-state index contributed by atoms with van der Waals surface area (Å²) in [5.41, 5.74) is 6.87. The van der Waals surface area contributed by atoms with E-state index in [-0.39, 0.29) is 11.9 Å². The number of hydrogen-bond donors (Lipinski definition) is 2. The van der Waals surface area contributed by atoms with Gasteiger partial charge in [-0.25, -0.2) is 0 Å². The van der Waals surface area contributed by atoms with Crippen LogP contribution in [0.3, 0.4) is 0 Å². The topological polar surface area (TPSA) is 55.1 Å². The highest BCUT2D eigenvalue weighted by Crippen LogP contribution is 2.28. The second-order valence-electron chi connectivity index (χ2n) is 6.06. The largest absolute Gasteiger partial charge is 0.349 e. The predicted octanol–water partition coefficient (Wildman–Crippen LogP) is 2.55. The van der Waals surface area contributed by atoms with Gasteiger partial charge in [-0.05, 0) is 49.3 Å². The van der Waals surface area contributed by atoms with Crippen LogP contribution in [-0.4, -0.2) is 18.5 Å². The van der Waals surface area contributed by atoms with Crippen LogP contribution in [0, 0.1) is 23.7 Å². The van der Waals surface area contributed by atoms with Crippen molar-refractivity contribution in [3.8, 4) is 11.8 Å². The Balaban J connectivity index is 2.03. The number of carbonyl (C=O) groups excluding carboxylic acids is 1. The molecule has 3 heteroatoms. The van der Waals surface area contributed by atoms with Crippen LogP contribution in [-0.2, 0) is 0 Å². The molecule has 3 atom stereocenters. The van der Waals surface area contributed by atoms with Gasteiger partial charge in [0, 0.05) is 17.2 Å². The van der Waals surface area contributed by atoms with Crippen LogP contribution in [0.15, 0.2) is 24.3 Å². The lowest BCUT2D eigenvalue weighted by Crippen LogP contribution is -2.42. The monoisotopic (exact) mass is 284 g/mol. The van der Waals surface area contributed by atoms with Gasteiger partial charge in [-0.15, -0.1) is 0 Å². The Morgan fingerprint density at radius 3 is 2.90 bits per heavy atom. The van der Waals surface area contributed by atoms with Gasteiger partial charge in [0.25, 0.3) is 5.91 Å². The lowest BCUT2D eigenvalue weighted by molar-refractivity contribution is 0.0899. The SMILES string of the molecule is CC1CCC(NC(=O)c2cccc(C#CCN)c2)C(C)C1. The fourth-order valence-electron chi connectivity index (χ4n) is 3.02. The van der Waals surface area contributed by atoms with Crippen molar-refractivity contribution in [2.45, 2.75) is 39.2 Å². The summed E-state index contributed by atoms with van der Waals surface area (Å²) < 4.78 is 0. The van der Waals surface area contributed by atoms with Crippen LogP contribution in [0.1, 0.15) is 49.0 Å². The molecule has 0 aromatic heterocycles. The number of amides is 1. The highest BCUT2D eigenvalue weighted by Gasteiger charge is 2.26. The quantitative estimate of drug-likeness (QED) is 0.820. The molecule has 1 saturated carbocycles. The normalized spacial score (nSPS) is 24.8. The summed E-state index contributed by atoms with van der Waals surface area (Å²) in [6.45, 7) is 4.84. The van der Waals surface area contributed by atoms with Crippen molar-refractivity contribution in [3.63, 3.8) is 0 Å². The Kier molecular flexibility index (Phi) is 5.41. The first-order valence-electron chi connectivity index (χ1n) is 7.70. The van der Waals surface area contributed by atoms with Gasteiger partial charge >= 0.3 is 0 Å². The first kappa shape index (κ1) is 15.6. The van der Waals surface area contributed by atoms with Gasteiger partial charge in [-0.3, -0.25) is 4.79 Å². The Morgan fingerprint density at radius 1 is 1.38 bits per heavy atom. The van der Waals surface area contributed by atoms with Gasteiger partial charge in [-0.2, -0.15) is 0 Å². The Morgan fingerprint density at radius 2 is 2.19 bits per heavy atom. The molecule has 0 aliphatic heterocycles. The number of carbonyl (C=O) groups is 1. The molecule has 1 aromatic carbocycles. The number of rotatable bonds is 2. The minimum absolute atomic E-state index is 0.00204. The average Bonchev–Trinajstić information content (AvgIpc) is 2.48. The van der Waals surface area contributed by atoms with E-state index in [0.29, 0.717) is 18.0 Å². The molecule has 112 valence electrons. The lowest BCUT2D eigenvalue weighted by atomic mass is 9.80. The molecule has 1 amide bonds. The van der Waals surface area contributed by atoms with Crippen molar-refractivity contribution in [2.24, 2.45) is 17.6 Å². The van der Waals surface area contributed by atoms with Crippen molar-refractivity contribution < 1.29 is 4.79 Å². The maximum atomic E-state index is 12.4. The van der Waals surface area contributed by atoms with Gasteiger partial charge in [0.05, 0.1) is 6.54 Å². The molecule has 0 saturated heterocycles. The molecule has 1 aliphatic carbocycles. The minimum atomic E-state index is -0.00204. The molecule has 0 radical (unpaired) electrons. The average molecular weight is 284 g/mol. The highest BCUT2D eigenvalue weighted by molar-refractivity contribution is 5.94. The molecule has 21 heavy (non-hydrogen) atoms. The van der Waals surface area contributed by atoms with E-state index in [1.165, 1.54) is 12.8 Å². The minimum Gasteiger partial charge on any atom is -0.349 e. The van der Waals surface area contributed by atoms with E-state index in [9.17, 15) is 4.79 Å². The van der Waals surface area contributed by atoms with Gasteiger partial charge in [-0.1, -0.05) is 31.8 Å². The van der Waals surface area contributed by atoms with Gasteiger partial charge < -0.3 is 11.1 Å². The molecule has 0 heterocycles. The zero-order valence-electron chi connectivity index (χ0n) is 12.9. The highest BCUT2D eigenvalue weighted by atomic mass is 16.1. The third kappa shape index (κ3) is 4.34. The second kappa shape index (κ2) is 7.28. The van der Waals surface area contributed by atoms with Crippen LogP contribution in [0.5, 0.6) is 0 Å². The van der Waals surface area contributed by atoms with Crippen LogP contribution < -0.4 is 11.1 Å².